The molecular formula is Hg2N2O6+2. The molecule has 10 heavy (non-hydrogen) atoms. The summed E-state index contributed by atoms with van der Waals surface area (Å²) in [7, 11) is 0. The second kappa shape index (κ2) is 16.1. The van der Waals surface area contributed by atoms with Gasteiger partial charge in [0.1, 0.15) is 0 Å². The molecule has 0 aromatic carbocycles. The second-order valence-corrected chi connectivity index (χ2v) is 0.447. The third-order valence-corrected chi connectivity index (χ3v) is 0. The van der Waals surface area contributed by atoms with Crippen molar-refractivity contribution in [1.29, 1.82) is 0 Å². The van der Waals surface area contributed by atoms with Crippen LogP contribution in [0.4, 0.5) is 0 Å². The first-order valence-corrected chi connectivity index (χ1v) is 1.10. The van der Waals surface area contributed by atoms with Gasteiger partial charge in [-0.1, -0.05) is 0 Å². The van der Waals surface area contributed by atoms with Crippen molar-refractivity contribution in [3.63, 3.8) is 0 Å². The van der Waals surface area contributed by atoms with Crippen molar-refractivity contribution in [1.82, 2.24) is 0 Å². The van der Waals surface area contributed by atoms with E-state index >= 15 is 0 Å². The van der Waals surface area contributed by atoms with Gasteiger partial charge in [0, 0.05) is 0 Å². The number of rotatable bonds is 0. The Balaban J connectivity index is -0.0000000300. The molecular weight excluding hydrogens is 525 g/mol. The summed E-state index contributed by atoms with van der Waals surface area (Å²) in [6.07, 6.45) is 0. The van der Waals surface area contributed by atoms with E-state index in [0.717, 1.165) is 0 Å². The van der Waals surface area contributed by atoms with E-state index in [0.29, 0.717) is 0 Å². The quantitative estimate of drug-likeness (QED) is 0.239. The molecule has 0 radical (unpaired) electrons. The van der Waals surface area contributed by atoms with E-state index in [9.17, 15) is 0 Å². The molecule has 0 saturated heterocycles. The van der Waals surface area contributed by atoms with Crippen molar-refractivity contribution in [3.05, 3.63) is 30.6 Å². The SMILES string of the molecule is O=[N+]([O-])[O-].O=[N+]([O-])[O-].[Hg+2].[Hg+2]. The topological polar surface area (TPSA) is 132 Å². The minimum atomic E-state index is -1.75. The van der Waals surface area contributed by atoms with Crippen LogP contribution in [0.25, 0.3) is 0 Å². The largest absolute Gasteiger partial charge is 2.00 e. The van der Waals surface area contributed by atoms with Crippen LogP contribution in [0.5, 0.6) is 0 Å². The zero-order valence-electron chi connectivity index (χ0n) is 4.76. The smallest absolute Gasteiger partial charge is 0.356 e. The van der Waals surface area contributed by atoms with Crippen LogP contribution in [0.15, 0.2) is 0 Å². The Hall–Kier alpha value is 0.270. The van der Waals surface area contributed by atoms with Crippen LogP contribution in [0, 0.1) is 30.6 Å². The Bertz CT molecular complexity index is 71.7. The minimum absolute atomic E-state index is 0. The van der Waals surface area contributed by atoms with Gasteiger partial charge in [-0.25, -0.2) is 0 Å². The predicted molar refractivity (Wildman–Crippen MR) is 20.7 cm³/mol. The van der Waals surface area contributed by atoms with E-state index in [1.54, 1.807) is 0 Å². The summed E-state index contributed by atoms with van der Waals surface area (Å²) in [5.41, 5.74) is 0. The maximum Gasteiger partial charge on any atom is 2.00 e. The molecule has 0 aliphatic rings. The van der Waals surface area contributed by atoms with Crippen molar-refractivity contribution in [2.75, 3.05) is 0 Å². The van der Waals surface area contributed by atoms with Crippen molar-refractivity contribution in [2.45, 2.75) is 0 Å². The van der Waals surface area contributed by atoms with Gasteiger partial charge in [0.05, 0.1) is 10.2 Å². The molecule has 0 bridgehead atoms. The van der Waals surface area contributed by atoms with Crippen LogP contribution in [-0.2, 0) is 55.3 Å². The van der Waals surface area contributed by atoms with Gasteiger partial charge < -0.3 is 30.6 Å². The normalized spacial score (nSPS) is 4.80. The second-order valence-electron chi connectivity index (χ2n) is 0.447. The van der Waals surface area contributed by atoms with Gasteiger partial charge in [-0.05, 0) is 0 Å². The molecule has 0 N–H and O–H groups in total. The Morgan fingerprint density at radius 3 is 0.700 bits per heavy atom. The van der Waals surface area contributed by atoms with Crippen molar-refractivity contribution >= 4 is 0 Å². The first kappa shape index (κ1) is 22.4. The number of nitrogens with zero attached hydrogens (tertiary/aromatic N) is 2. The third kappa shape index (κ3) is 5990. The molecule has 0 aliphatic carbocycles. The summed E-state index contributed by atoms with van der Waals surface area (Å²) in [5.74, 6) is 0. The molecule has 0 aromatic rings. The van der Waals surface area contributed by atoms with Crippen LogP contribution in [-0.4, -0.2) is 10.2 Å². The van der Waals surface area contributed by atoms with Gasteiger partial charge in [0.25, 0.3) is 0 Å². The third-order valence-electron chi connectivity index (χ3n) is 0. The van der Waals surface area contributed by atoms with Crippen LogP contribution >= 0.6 is 0 Å². The zero-order valence-corrected chi connectivity index (χ0v) is 15.8. The van der Waals surface area contributed by atoms with Crippen LogP contribution < -0.4 is 0 Å². The molecule has 0 atom stereocenters. The van der Waals surface area contributed by atoms with Gasteiger partial charge in [-0.3, -0.25) is 0 Å². The summed E-state index contributed by atoms with van der Waals surface area (Å²) in [6.45, 7) is 0. The minimum Gasteiger partial charge on any atom is -0.356 e. The fraction of sp³-hybridized carbons (Fsp3) is 0. The first-order valence-electron chi connectivity index (χ1n) is 1.10. The molecule has 0 heterocycles. The monoisotopic (exact) mass is 528 g/mol. The summed E-state index contributed by atoms with van der Waals surface area (Å²) < 4.78 is 0. The molecule has 8 nitrogen and oxygen atoms in total. The van der Waals surface area contributed by atoms with Crippen molar-refractivity contribution in [2.24, 2.45) is 0 Å². The van der Waals surface area contributed by atoms with Crippen molar-refractivity contribution < 1.29 is 65.5 Å². The Kier molecular flexibility index (Phi) is 36.2. The fourth-order valence-electron chi connectivity index (χ4n) is 0. The Labute approximate surface area is 95.4 Å². The molecule has 0 amide bonds. The fourth-order valence-corrected chi connectivity index (χ4v) is 0. The van der Waals surface area contributed by atoms with Gasteiger partial charge in [0.15, 0.2) is 0 Å². The maximum absolute atomic E-state index is 8.25. The van der Waals surface area contributed by atoms with Crippen LogP contribution in [0.1, 0.15) is 0 Å². The average molecular weight is 525 g/mol. The van der Waals surface area contributed by atoms with E-state index in [1.165, 1.54) is 0 Å². The van der Waals surface area contributed by atoms with Gasteiger partial charge in [-0.2, -0.15) is 0 Å². The molecule has 0 aromatic heterocycles. The Morgan fingerprint density at radius 1 is 0.700 bits per heavy atom. The molecule has 0 saturated carbocycles. The van der Waals surface area contributed by atoms with Gasteiger partial charge in [-0.15, -0.1) is 0 Å². The summed E-state index contributed by atoms with van der Waals surface area (Å²) in [4.78, 5) is 16.5. The molecule has 0 unspecified atom stereocenters. The Morgan fingerprint density at radius 2 is 0.700 bits per heavy atom. The van der Waals surface area contributed by atoms with Gasteiger partial charge in [0.2, 0.25) is 0 Å². The number of hydrogen-bond donors (Lipinski definition) is 0. The van der Waals surface area contributed by atoms with Crippen LogP contribution in [0.3, 0.4) is 0 Å². The summed E-state index contributed by atoms with van der Waals surface area (Å²) in [5, 5.41) is 29.5. The molecule has 48 valence electrons. The maximum atomic E-state index is 8.25. The molecule has 0 rings (SSSR count). The molecule has 0 aliphatic heterocycles. The molecule has 10 heteroatoms. The van der Waals surface area contributed by atoms with E-state index in [2.05, 4.69) is 0 Å². The van der Waals surface area contributed by atoms with E-state index in [1.807, 2.05) is 0 Å². The molecule has 0 spiro atoms. The van der Waals surface area contributed by atoms with Gasteiger partial charge >= 0.3 is 55.3 Å². The summed E-state index contributed by atoms with van der Waals surface area (Å²) in [6, 6.07) is 0. The zero-order chi connectivity index (χ0) is 7.15. The van der Waals surface area contributed by atoms with E-state index in [-0.39, 0.29) is 55.3 Å². The first-order chi connectivity index (χ1) is 3.46. The van der Waals surface area contributed by atoms with Crippen LogP contribution in [0.2, 0.25) is 0 Å². The number of hydrogen-bond acceptors (Lipinski definition) is 6. The summed E-state index contributed by atoms with van der Waals surface area (Å²) >= 11 is 0. The predicted octanol–water partition coefficient (Wildman–Crippen LogP) is -0.483. The van der Waals surface area contributed by atoms with E-state index in [4.69, 9.17) is 30.6 Å². The van der Waals surface area contributed by atoms with E-state index < -0.39 is 10.2 Å². The average Bonchev–Trinajstić information content (AvgIpc) is 1.25. The molecule has 0 fully saturated rings. The van der Waals surface area contributed by atoms with Crippen molar-refractivity contribution in [3.8, 4) is 0 Å². The standard InChI is InChI=1S/2Hg.2NO3/c;;2*2-1(3)4/q2*+2;2*-1.